The van der Waals surface area contributed by atoms with Gasteiger partial charge in [0.05, 0.1) is 6.20 Å². The van der Waals surface area contributed by atoms with Crippen LogP contribution in [-0.2, 0) is 6.42 Å². The molecule has 0 spiro atoms. The highest BCUT2D eigenvalue weighted by Crippen LogP contribution is 1.89. The molecule has 1 rings (SSSR count). The Morgan fingerprint density at radius 3 is 2.45 bits per heavy atom. The Bertz CT molecular complexity index is 162. The van der Waals surface area contributed by atoms with Crippen LogP contribution in [0.5, 0.6) is 0 Å². The van der Waals surface area contributed by atoms with Crippen LogP contribution in [-0.4, -0.2) is 15.2 Å². The zero-order valence-electron chi connectivity index (χ0n) is 7.41. The van der Waals surface area contributed by atoms with Crippen molar-refractivity contribution in [3.8, 4) is 0 Å². The van der Waals surface area contributed by atoms with E-state index in [4.69, 9.17) is 0 Å². The molecule has 0 aliphatic carbocycles. The van der Waals surface area contributed by atoms with E-state index < -0.39 is 0 Å². The third-order valence-electron chi connectivity index (χ3n) is 1.00. The van der Waals surface area contributed by atoms with E-state index in [0.29, 0.717) is 0 Å². The lowest BCUT2D eigenvalue weighted by atomic mass is 10.3. The number of aromatic nitrogens is 3. The molecule has 3 nitrogen and oxygen atoms in total. The maximum Gasteiger partial charge on any atom is 0.150 e. The first kappa shape index (κ1) is 10.0. The van der Waals surface area contributed by atoms with E-state index in [2.05, 4.69) is 22.1 Å². The second-order valence-corrected chi connectivity index (χ2v) is 1.81. The lowest BCUT2D eigenvalue weighted by molar-refractivity contribution is 0.786. The molecule has 0 atom stereocenters. The molecule has 0 unspecified atom stereocenters. The summed E-state index contributed by atoms with van der Waals surface area (Å²) in [5.41, 5.74) is 0. The molecule has 62 valence electrons. The quantitative estimate of drug-likeness (QED) is 0.650. The van der Waals surface area contributed by atoms with Gasteiger partial charge in [-0.1, -0.05) is 20.8 Å². The summed E-state index contributed by atoms with van der Waals surface area (Å²) < 4.78 is 0. The van der Waals surface area contributed by atoms with E-state index >= 15 is 0 Å². The fourth-order valence-corrected chi connectivity index (χ4v) is 0.613. The Labute approximate surface area is 67.9 Å². The molecule has 0 N–H and O–H groups in total. The second kappa shape index (κ2) is 7.12. The molecule has 1 aromatic rings. The largest absolute Gasteiger partial charge is 0.238 e. The van der Waals surface area contributed by atoms with Gasteiger partial charge in [0.25, 0.3) is 0 Å². The van der Waals surface area contributed by atoms with Crippen LogP contribution < -0.4 is 0 Å². The van der Waals surface area contributed by atoms with Crippen LogP contribution in [0.3, 0.4) is 0 Å². The maximum atomic E-state index is 3.99. The number of hydrogen-bond acceptors (Lipinski definition) is 3. The van der Waals surface area contributed by atoms with Crippen molar-refractivity contribution in [2.75, 3.05) is 0 Å². The van der Waals surface area contributed by atoms with Crippen LogP contribution in [0.4, 0.5) is 0 Å². The average Bonchev–Trinajstić information content (AvgIpc) is 2.11. The van der Waals surface area contributed by atoms with E-state index in [1.165, 1.54) is 0 Å². The highest BCUT2D eigenvalue weighted by molar-refractivity contribution is 4.80. The van der Waals surface area contributed by atoms with Gasteiger partial charge >= 0.3 is 0 Å². The highest BCUT2D eigenvalue weighted by Gasteiger charge is 1.89. The van der Waals surface area contributed by atoms with Gasteiger partial charge in [-0.2, -0.15) is 5.10 Å². The average molecular weight is 153 g/mol. The van der Waals surface area contributed by atoms with Gasteiger partial charge in [-0.3, -0.25) is 0 Å². The van der Waals surface area contributed by atoms with Gasteiger partial charge in [0.15, 0.2) is 5.82 Å². The van der Waals surface area contributed by atoms with Gasteiger partial charge in [-0.15, -0.1) is 5.10 Å². The van der Waals surface area contributed by atoms with Crippen molar-refractivity contribution in [1.29, 1.82) is 0 Å². The maximum absolute atomic E-state index is 3.99. The van der Waals surface area contributed by atoms with Crippen molar-refractivity contribution in [2.45, 2.75) is 33.6 Å². The third-order valence-corrected chi connectivity index (χ3v) is 1.00. The van der Waals surface area contributed by atoms with Gasteiger partial charge in [0.1, 0.15) is 0 Å². The molecule has 3 heteroatoms. The highest BCUT2D eigenvalue weighted by atomic mass is 15.1. The third kappa shape index (κ3) is 4.42. The molecule has 0 aromatic carbocycles. The fraction of sp³-hybridized carbons (Fsp3) is 0.625. The molecule has 0 fully saturated rings. The number of nitrogens with zero attached hydrogens (tertiary/aromatic N) is 3. The van der Waals surface area contributed by atoms with Crippen LogP contribution in [0.15, 0.2) is 12.4 Å². The summed E-state index contributed by atoms with van der Waals surface area (Å²) in [7, 11) is 0. The first-order valence-electron chi connectivity index (χ1n) is 4.06. The Morgan fingerprint density at radius 1 is 1.27 bits per heavy atom. The monoisotopic (exact) mass is 153 g/mol. The number of rotatable bonds is 2. The minimum Gasteiger partial charge on any atom is -0.238 e. The molecule has 0 amide bonds. The zero-order valence-corrected chi connectivity index (χ0v) is 7.41. The summed E-state index contributed by atoms with van der Waals surface area (Å²) in [5.74, 6) is 0.833. The molecular formula is C8H15N3. The molecule has 0 saturated carbocycles. The number of hydrogen-bond donors (Lipinski definition) is 0. The Balaban J connectivity index is 0.000000461. The van der Waals surface area contributed by atoms with Gasteiger partial charge in [-0.05, 0) is 6.42 Å². The summed E-state index contributed by atoms with van der Waals surface area (Å²) in [6.07, 6.45) is 5.25. The molecule has 0 radical (unpaired) electrons. The predicted octanol–water partition coefficient (Wildman–Crippen LogP) is 1.85. The van der Waals surface area contributed by atoms with Crippen molar-refractivity contribution in [1.82, 2.24) is 15.2 Å². The van der Waals surface area contributed by atoms with Crippen LogP contribution in [0.1, 0.15) is 33.0 Å². The second-order valence-electron chi connectivity index (χ2n) is 1.81. The van der Waals surface area contributed by atoms with Crippen molar-refractivity contribution >= 4 is 0 Å². The molecule has 11 heavy (non-hydrogen) atoms. The lowest BCUT2D eigenvalue weighted by Gasteiger charge is -1.90. The molecule has 0 saturated heterocycles. The van der Waals surface area contributed by atoms with E-state index in [9.17, 15) is 0 Å². The standard InChI is InChI=1S/C6H9N3.C2H6/c1-2-3-6-7-4-5-8-9-6;1-2/h4-5H,2-3H2,1H3;1-2H3. The minimum absolute atomic E-state index is 0.833. The molecule has 0 bridgehead atoms. The van der Waals surface area contributed by atoms with Crippen molar-refractivity contribution in [3.05, 3.63) is 18.2 Å². The fourth-order valence-electron chi connectivity index (χ4n) is 0.613. The number of aryl methyl sites for hydroxylation is 1. The van der Waals surface area contributed by atoms with Crippen molar-refractivity contribution in [2.24, 2.45) is 0 Å². The van der Waals surface area contributed by atoms with Gasteiger partial charge in [-0.25, -0.2) is 4.98 Å². The topological polar surface area (TPSA) is 38.7 Å². The Kier molecular flexibility index (Phi) is 6.48. The summed E-state index contributed by atoms with van der Waals surface area (Å²) in [6.45, 7) is 6.09. The summed E-state index contributed by atoms with van der Waals surface area (Å²) in [5, 5.41) is 7.50. The van der Waals surface area contributed by atoms with Gasteiger partial charge < -0.3 is 0 Å². The van der Waals surface area contributed by atoms with Crippen LogP contribution in [0.25, 0.3) is 0 Å². The molecule has 1 heterocycles. The first-order valence-corrected chi connectivity index (χ1v) is 4.06. The smallest absolute Gasteiger partial charge is 0.150 e. The normalized spacial score (nSPS) is 8.27. The van der Waals surface area contributed by atoms with Crippen molar-refractivity contribution < 1.29 is 0 Å². The van der Waals surface area contributed by atoms with Crippen LogP contribution in [0, 0.1) is 0 Å². The molecular weight excluding hydrogens is 138 g/mol. The van der Waals surface area contributed by atoms with E-state index in [1.807, 2.05) is 13.8 Å². The summed E-state index contributed by atoms with van der Waals surface area (Å²) >= 11 is 0. The van der Waals surface area contributed by atoms with E-state index in [1.54, 1.807) is 12.4 Å². The van der Waals surface area contributed by atoms with Crippen molar-refractivity contribution in [3.63, 3.8) is 0 Å². The van der Waals surface area contributed by atoms with E-state index in [-0.39, 0.29) is 0 Å². The molecule has 1 aromatic heterocycles. The van der Waals surface area contributed by atoms with E-state index in [0.717, 1.165) is 18.7 Å². The first-order chi connectivity index (χ1) is 5.43. The van der Waals surface area contributed by atoms with Crippen LogP contribution in [0.2, 0.25) is 0 Å². The zero-order chi connectivity index (χ0) is 8.53. The van der Waals surface area contributed by atoms with Crippen LogP contribution >= 0.6 is 0 Å². The Hall–Kier alpha value is -0.990. The van der Waals surface area contributed by atoms with Gasteiger partial charge in [0, 0.05) is 12.6 Å². The van der Waals surface area contributed by atoms with Gasteiger partial charge in [0.2, 0.25) is 0 Å². The molecule has 0 aliphatic rings. The Morgan fingerprint density at radius 2 is 2.00 bits per heavy atom. The lowest BCUT2D eigenvalue weighted by Crippen LogP contribution is -1.93. The molecule has 0 aliphatic heterocycles. The SMILES string of the molecule is CC.CCCc1nccnn1. The predicted molar refractivity (Wildman–Crippen MR) is 45.2 cm³/mol. The summed E-state index contributed by atoms with van der Waals surface area (Å²) in [6, 6.07) is 0. The summed E-state index contributed by atoms with van der Waals surface area (Å²) in [4.78, 5) is 3.99. The minimum atomic E-state index is 0.833.